The molecule has 170 valence electrons. The Hall–Kier alpha value is -3.15. The lowest BCUT2D eigenvalue weighted by Crippen LogP contribution is -2.50. The molecule has 3 amide bonds. The highest BCUT2D eigenvalue weighted by Crippen LogP contribution is 2.19. The van der Waals surface area contributed by atoms with Gasteiger partial charge >= 0.3 is 0 Å². The normalized spacial score (nSPS) is 13.9. The zero-order valence-corrected chi connectivity index (χ0v) is 19.0. The number of benzene rings is 2. The first-order valence-corrected chi connectivity index (χ1v) is 11.4. The number of carbonyl (C=O) groups excluding carboxylic acids is 3. The molecule has 2 aromatic carbocycles. The van der Waals surface area contributed by atoms with Crippen LogP contribution >= 0.6 is 0 Å². The zero-order valence-electron chi connectivity index (χ0n) is 19.0. The Balaban J connectivity index is 1.40. The summed E-state index contributed by atoms with van der Waals surface area (Å²) in [5, 5.41) is 5.73. The average molecular weight is 436 g/mol. The van der Waals surface area contributed by atoms with Crippen LogP contribution in [0.1, 0.15) is 43.4 Å². The van der Waals surface area contributed by atoms with Gasteiger partial charge in [0.2, 0.25) is 17.7 Å². The van der Waals surface area contributed by atoms with Crippen LogP contribution < -0.4 is 10.6 Å². The van der Waals surface area contributed by atoms with Crippen LogP contribution in [0, 0.1) is 5.92 Å². The Morgan fingerprint density at radius 2 is 1.66 bits per heavy atom. The number of fused-ring (bicyclic) bond motifs is 1. The Morgan fingerprint density at radius 1 is 0.969 bits per heavy atom. The molecule has 6 heteroatoms. The Labute approximate surface area is 190 Å². The standard InChI is InChI=1S/C26H33N3O3/c1-19(2)25(28-23(30)17-20-9-4-3-5-10-20)26(32)27-15-8-13-24(31)29-16-14-21-11-6-7-12-22(21)18-29/h3-7,9-12,19,25H,8,13-18H2,1-2H3,(H,27,32)(H,28,30). The molecule has 2 aromatic rings. The van der Waals surface area contributed by atoms with Crippen LogP contribution in [0.3, 0.4) is 0 Å². The quantitative estimate of drug-likeness (QED) is 0.595. The Bertz CT molecular complexity index is 927. The molecule has 0 spiro atoms. The summed E-state index contributed by atoms with van der Waals surface area (Å²) in [6.07, 6.45) is 2.10. The summed E-state index contributed by atoms with van der Waals surface area (Å²) >= 11 is 0. The van der Waals surface area contributed by atoms with Crippen molar-refractivity contribution in [2.45, 2.75) is 52.1 Å². The largest absolute Gasteiger partial charge is 0.354 e. The third-order valence-electron chi connectivity index (χ3n) is 5.82. The van der Waals surface area contributed by atoms with Gasteiger partial charge in [0.05, 0.1) is 6.42 Å². The molecule has 1 aliphatic heterocycles. The summed E-state index contributed by atoms with van der Waals surface area (Å²) in [4.78, 5) is 39.5. The lowest BCUT2D eigenvalue weighted by Gasteiger charge is -2.29. The number of hydrogen-bond donors (Lipinski definition) is 2. The van der Waals surface area contributed by atoms with Gasteiger partial charge in [-0.3, -0.25) is 14.4 Å². The van der Waals surface area contributed by atoms with E-state index < -0.39 is 6.04 Å². The van der Waals surface area contributed by atoms with E-state index in [1.165, 1.54) is 11.1 Å². The molecule has 1 heterocycles. The molecule has 0 saturated carbocycles. The van der Waals surface area contributed by atoms with Crippen molar-refractivity contribution in [3.05, 3.63) is 71.3 Å². The van der Waals surface area contributed by atoms with Crippen LogP contribution in [0.2, 0.25) is 0 Å². The minimum absolute atomic E-state index is 0.0372. The summed E-state index contributed by atoms with van der Waals surface area (Å²) in [6.45, 7) is 5.62. The van der Waals surface area contributed by atoms with E-state index in [0.29, 0.717) is 25.9 Å². The highest BCUT2D eigenvalue weighted by molar-refractivity contribution is 5.88. The second-order valence-corrected chi connectivity index (χ2v) is 8.68. The molecule has 0 aliphatic carbocycles. The van der Waals surface area contributed by atoms with Gasteiger partial charge in [0.25, 0.3) is 0 Å². The van der Waals surface area contributed by atoms with Gasteiger partial charge in [-0.2, -0.15) is 0 Å². The topological polar surface area (TPSA) is 78.5 Å². The molecule has 0 bridgehead atoms. The van der Waals surface area contributed by atoms with E-state index in [1.54, 1.807) is 0 Å². The Morgan fingerprint density at radius 3 is 2.38 bits per heavy atom. The van der Waals surface area contributed by atoms with Crippen molar-refractivity contribution in [1.82, 2.24) is 15.5 Å². The summed E-state index contributed by atoms with van der Waals surface area (Å²) in [5.74, 6) is -0.304. The van der Waals surface area contributed by atoms with Crippen molar-refractivity contribution >= 4 is 17.7 Å². The minimum atomic E-state index is -0.597. The molecule has 0 saturated heterocycles. The van der Waals surface area contributed by atoms with Crippen LogP contribution in [-0.2, 0) is 33.8 Å². The number of nitrogens with one attached hydrogen (secondary N) is 2. The number of carbonyl (C=O) groups is 3. The monoisotopic (exact) mass is 435 g/mol. The molecule has 0 fully saturated rings. The van der Waals surface area contributed by atoms with Crippen molar-refractivity contribution in [3.8, 4) is 0 Å². The fraction of sp³-hybridized carbons (Fsp3) is 0.423. The maximum Gasteiger partial charge on any atom is 0.242 e. The van der Waals surface area contributed by atoms with Gasteiger partial charge in [-0.05, 0) is 35.4 Å². The van der Waals surface area contributed by atoms with E-state index in [9.17, 15) is 14.4 Å². The van der Waals surface area contributed by atoms with E-state index >= 15 is 0 Å². The molecule has 32 heavy (non-hydrogen) atoms. The molecule has 6 nitrogen and oxygen atoms in total. The van der Waals surface area contributed by atoms with E-state index in [2.05, 4.69) is 22.8 Å². The highest BCUT2D eigenvalue weighted by Gasteiger charge is 2.24. The van der Waals surface area contributed by atoms with Crippen LogP contribution in [0.4, 0.5) is 0 Å². The zero-order chi connectivity index (χ0) is 22.9. The van der Waals surface area contributed by atoms with E-state index in [1.807, 2.05) is 61.2 Å². The third kappa shape index (κ3) is 6.67. The number of hydrogen-bond acceptors (Lipinski definition) is 3. The Kier molecular flexibility index (Phi) is 8.42. The molecular weight excluding hydrogens is 402 g/mol. The predicted octanol–water partition coefficient (Wildman–Crippen LogP) is 2.85. The first kappa shape index (κ1) is 23.5. The molecule has 1 aliphatic rings. The van der Waals surface area contributed by atoms with Crippen LogP contribution in [0.5, 0.6) is 0 Å². The minimum Gasteiger partial charge on any atom is -0.354 e. The summed E-state index contributed by atoms with van der Waals surface area (Å²) in [5.41, 5.74) is 3.44. The first-order chi connectivity index (χ1) is 15.4. The van der Waals surface area contributed by atoms with Gasteiger partial charge in [0, 0.05) is 26.1 Å². The van der Waals surface area contributed by atoms with E-state index in [0.717, 1.165) is 18.5 Å². The maximum atomic E-state index is 12.6. The SMILES string of the molecule is CC(C)C(NC(=O)Cc1ccccc1)C(=O)NCCCC(=O)N1CCc2ccccc2C1. The van der Waals surface area contributed by atoms with Gasteiger partial charge < -0.3 is 15.5 Å². The lowest BCUT2D eigenvalue weighted by molar-refractivity contribution is -0.132. The number of amides is 3. The highest BCUT2D eigenvalue weighted by atomic mass is 16.2. The number of rotatable bonds is 9. The number of nitrogens with zero attached hydrogens (tertiary/aromatic N) is 1. The lowest BCUT2D eigenvalue weighted by atomic mass is 9.99. The second kappa shape index (κ2) is 11.5. The fourth-order valence-electron chi connectivity index (χ4n) is 3.97. The second-order valence-electron chi connectivity index (χ2n) is 8.68. The van der Waals surface area contributed by atoms with Crippen molar-refractivity contribution in [1.29, 1.82) is 0 Å². The van der Waals surface area contributed by atoms with E-state index in [-0.39, 0.29) is 30.1 Å². The average Bonchev–Trinajstić information content (AvgIpc) is 2.80. The van der Waals surface area contributed by atoms with Gasteiger partial charge in [0.15, 0.2) is 0 Å². The predicted molar refractivity (Wildman–Crippen MR) is 125 cm³/mol. The van der Waals surface area contributed by atoms with Gasteiger partial charge in [-0.15, -0.1) is 0 Å². The maximum absolute atomic E-state index is 12.6. The molecule has 0 radical (unpaired) electrons. The third-order valence-corrected chi connectivity index (χ3v) is 5.82. The van der Waals surface area contributed by atoms with Crippen LogP contribution in [0.25, 0.3) is 0 Å². The van der Waals surface area contributed by atoms with Crippen molar-refractivity contribution < 1.29 is 14.4 Å². The van der Waals surface area contributed by atoms with E-state index in [4.69, 9.17) is 0 Å². The summed E-state index contributed by atoms with van der Waals surface area (Å²) in [7, 11) is 0. The smallest absolute Gasteiger partial charge is 0.242 e. The molecule has 3 rings (SSSR count). The summed E-state index contributed by atoms with van der Waals surface area (Å²) in [6, 6.07) is 17.1. The van der Waals surface area contributed by atoms with Gasteiger partial charge in [-0.25, -0.2) is 0 Å². The first-order valence-electron chi connectivity index (χ1n) is 11.4. The molecule has 2 N–H and O–H groups in total. The molecule has 1 atom stereocenters. The fourth-order valence-corrected chi connectivity index (χ4v) is 3.97. The summed E-state index contributed by atoms with van der Waals surface area (Å²) < 4.78 is 0. The van der Waals surface area contributed by atoms with Gasteiger partial charge in [0.1, 0.15) is 6.04 Å². The van der Waals surface area contributed by atoms with Crippen molar-refractivity contribution in [3.63, 3.8) is 0 Å². The van der Waals surface area contributed by atoms with Gasteiger partial charge in [-0.1, -0.05) is 68.4 Å². The molecular formula is C26H33N3O3. The van der Waals surface area contributed by atoms with Crippen LogP contribution in [0.15, 0.2) is 54.6 Å². The molecule has 1 unspecified atom stereocenters. The van der Waals surface area contributed by atoms with Crippen LogP contribution in [-0.4, -0.2) is 41.8 Å². The molecule has 0 aromatic heterocycles. The van der Waals surface area contributed by atoms with Crippen molar-refractivity contribution in [2.24, 2.45) is 5.92 Å². The van der Waals surface area contributed by atoms with Crippen molar-refractivity contribution in [2.75, 3.05) is 13.1 Å².